The minimum absolute atomic E-state index is 0.202. The third-order valence-electron chi connectivity index (χ3n) is 4.75. The molecular formula is C21H25N5O2. The number of fused-ring (bicyclic) bond motifs is 1. The lowest BCUT2D eigenvalue weighted by atomic mass is 10.1. The lowest BCUT2D eigenvalue weighted by Crippen LogP contribution is -2.41. The summed E-state index contributed by atoms with van der Waals surface area (Å²) in [6, 6.07) is 17.2. The molecule has 2 aromatic carbocycles. The number of primary amides is 1. The summed E-state index contributed by atoms with van der Waals surface area (Å²) in [5.41, 5.74) is 10.2. The molecule has 0 fully saturated rings. The second-order valence-corrected chi connectivity index (χ2v) is 6.96. The van der Waals surface area contributed by atoms with Gasteiger partial charge in [0, 0.05) is 31.2 Å². The topological polar surface area (TPSA) is 91.0 Å². The Hall–Kier alpha value is -3.19. The van der Waals surface area contributed by atoms with E-state index in [9.17, 15) is 9.59 Å². The Labute approximate surface area is 164 Å². The van der Waals surface area contributed by atoms with Crippen LogP contribution >= 0.6 is 0 Å². The molecular weight excluding hydrogens is 354 g/mol. The lowest BCUT2D eigenvalue weighted by molar-refractivity contribution is -0.112. The maximum absolute atomic E-state index is 12.9. The number of nitrogens with one attached hydrogen (secondary N) is 1. The highest BCUT2D eigenvalue weighted by molar-refractivity contribution is 6.54. The first-order valence-electron chi connectivity index (χ1n) is 9.29. The molecule has 0 spiro atoms. The maximum Gasteiger partial charge on any atom is 0.332 e. The molecule has 28 heavy (non-hydrogen) atoms. The molecule has 0 aliphatic carbocycles. The van der Waals surface area contributed by atoms with E-state index >= 15 is 0 Å². The molecule has 0 unspecified atom stereocenters. The largest absolute Gasteiger partial charge is 0.350 e. The van der Waals surface area contributed by atoms with E-state index in [1.165, 1.54) is 5.56 Å². The molecule has 146 valence electrons. The number of urea groups is 1. The van der Waals surface area contributed by atoms with Crippen molar-refractivity contribution < 1.29 is 9.59 Å². The number of nitrogens with two attached hydrogens (primary N) is 1. The van der Waals surface area contributed by atoms with Gasteiger partial charge in [-0.05, 0) is 25.5 Å². The van der Waals surface area contributed by atoms with Crippen LogP contribution in [0, 0.1) is 0 Å². The van der Waals surface area contributed by atoms with E-state index in [4.69, 9.17) is 5.73 Å². The number of rotatable bonds is 7. The van der Waals surface area contributed by atoms with Crippen LogP contribution in [0.2, 0.25) is 0 Å². The Balaban J connectivity index is 1.76. The minimum Gasteiger partial charge on any atom is -0.350 e. The van der Waals surface area contributed by atoms with Crippen molar-refractivity contribution in [2.75, 3.05) is 18.0 Å². The molecule has 2 aromatic rings. The lowest BCUT2D eigenvalue weighted by Gasteiger charge is -2.29. The molecule has 0 atom stereocenters. The van der Waals surface area contributed by atoms with Crippen molar-refractivity contribution in [3.05, 3.63) is 65.7 Å². The van der Waals surface area contributed by atoms with Gasteiger partial charge >= 0.3 is 6.03 Å². The molecule has 7 heteroatoms. The Morgan fingerprint density at radius 1 is 1.14 bits per heavy atom. The predicted octanol–water partition coefficient (Wildman–Crippen LogP) is 2.32. The van der Waals surface area contributed by atoms with Crippen LogP contribution in [-0.2, 0) is 11.3 Å². The van der Waals surface area contributed by atoms with Crippen LogP contribution in [0.4, 0.5) is 10.5 Å². The van der Waals surface area contributed by atoms with Gasteiger partial charge in [0.1, 0.15) is 0 Å². The standard InChI is InChI=1S/C21H25N5O2/c1-15(2)25(14-16-8-4-3-5-9-16)12-13-26-18-11-7-6-10-17(18)19(20(26)27)23-24-21(22)28/h3-11,15H,12-14H2,1-2H3,(H3,22,24,28). The number of nitrogens with zero attached hydrogens (tertiary/aromatic N) is 3. The number of para-hydroxylation sites is 1. The van der Waals surface area contributed by atoms with E-state index in [-0.39, 0.29) is 11.6 Å². The zero-order valence-electron chi connectivity index (χ0n) is 16.1. The Bertz CT molecular complexity index is 879. The van der Waals surface area contributed by atoms with Crippen molar-refractivity contribution in [3.8, 4) is 0 Å². The second-order valence-electron chi connectivity index (χ2n) is 6.96. The Kier molecular flexibility index (Phi) is 6.06. The van der Waals surface area contributed by atoms with Gasteiger partial charge in [0.25, 0.3) is 5.91 Å². The highest BCUT2D eigenvalue weighted by Crippen LogP contribution is 2.29. The molecule has 3 N–H and O–H groups in total. The van der Waals surface area contributed by atoms with E-state index in [2.05, 4.69) is 41.4 Å². The van der Waals surface area contributed by atoms with Gasteiger partial charge in [-0.2, -0.15) is 5.10 Å². The fourth-order valence-electron chi connectivity index (χ4n) is 3.27. The third kappa shape index (κ3) is 4.37. The SMILES string of the molecule is CC(C)N(CCN1C(=O)C(=NNC(N)=O)c2ccccc21)Cc1ccccc1. The van der Waals surface area contributed by atoms with Crippen LogP contribution in [0.3, 0.4) is 0 Å². The number of hydrazone groups is 1. The van der Waals surface area contributed by atoms with Gasteiger partial charge < -0.3 is 10.6 Å². The van der Waals surface area contributed by atoms with Gasteiger partial charge in [0.2, 0.25) is 0 Å². The summed E-state index contributed by atoms with van der Waals surface area (Å²) >= 11 is 0. The number of anilines is 1. The summed E-state index contributed by atoms with van der Waals surface area (Å²) in [6.45, 7) is 6.34. The van der Waals surface area contributed by atoms with Crippen LogP contribution in [0.1, 0.15) is 25.0 Å². The monoisotopic (exact) mass is 379 g/mol. The fraction of sp³-hybridized carbons (Fsp3) is 0.286. The van der Waals surface area contributed by atoms with Gasteiger partial charge in [-0.25, -0.2) is 10.2 Å². The predicted molar refractivity (Wildman–Crippen MR) is 110 cm³/mol. The fourth-order valence-corrected chi connectivity index (χ4v) is 3.27. The normalized spacial score (nSPS) is 14.8. The van der Waals surface area contributed by atoms with E-state index in [1.54, 1.807) is 4.90 Å². The van der Waals surface area contributed by atoms with Gasteiger partial charge in [-0.3, -0.25) is 9.69 Å². The molecule has 3 amide bonds. The van der Waals surface area contributed by atoms with Gasteiger partial charge in [0.05, 0.1) is 5.69 Å². The molecule has 1 heterocycles. The number of carbonyl (C=O) groups excluding carboxylic acids is 2. The first kappa shape index (κ1) is 19.6. The van der Waals surface area contributed by atoms with E-state index in [0.29, 0.717) is 24.7 Å². The number of amides is 3. The molecule has 0 radical (unpaired) electrons. The molecule has 0 aromatic heterocycles. The van der Waals surface area contributed by atoms with Crippen LogP contribution in [-0.4, -0.2) is 41.7 Å². The van der Waals surface area contributed by atoms with Crippen LogP contribution in [0.5, 0.6) is 0 Å². The first-order valence-corrected chi connectivity index (χ1v) is 9.29. The van der Waals surface area contributed by atoms with Crippen molar-refractivity contribution >= 4 is 23.3 Å². The molecule has 3 rings (SSSR count). The van der Waals surface area contributed by atoms with Crippen LogP contribution in [0.15, 0.2) is 59.7 Å². The summed E-state index contributed by atoms with van der Waals surface area (Å²) in [4.78, 5) is 27.9. The summed E-state index contributed by atoms with van der Waals surface area (Å²) in [5.74, 6) is -0.238. The first-order chi connectivity index (χ1) is 13.5. The molecule has 1 aliphatic rings. The highest BCUT2D eigenvalue weighted by atomic mass is 16.2. The third-order valence-corrected chi connectivity index (χ3v) is 4.75. The number of hydrogen-bond acceptors (Lipinski definition) is 4. The quantitative estimate of drug-likeness (QED) is 0.723. The minimum atomic E-state index is -0.801. The zero-order chi connectivity index (χ0) is 20.1. The molecule has 0 saturated heterocycles. The molecule has 0 saturated carbocycles. The second kappa shape index (κ2) is 8.67. The average molecular weight is 379 g/mol. The average Bonchev–Trinajstić information content (AvgIpc) is 2.95. The number of benzene rings is 2. The highest BCUT2D eigenvalue weighted by Gasteiger charge is 2.34. The molecule has 0 bridgehead atoms. The summed E-state index contributed by atoms with van der Waals surface area (Å²) in [7, 11) is 0. The van der Waals surface area contributed by atoms with Gasteiger partial charge in [-0.15, -0.1) is 0 Å². The molecule has 1 aliphatic heterocycles. The van der Waals surface area contributed by atoms with Crippen molar-refractivity contribution in [3.63, 3.8) is 0 Å². The Morgan fingerprint density at radius 2 is 1.82 bits per heavy atom. The smallest absolute Gasteiger partial charge is 0.332 e. The summed E-state index contributed by atoms with van der Waals surface area (Å²) in [6.07, 6.45) is 0. The van der Waals surface area contributed by atoms with Crippen LogP contribution < -0.4 is 16.1 Å². The van der Waals surface area contributed by atoms with E-state index in [0.717, 1.165) is 12.2 Å². The maximum atomic E-state index is 12.9. The summed E-state index contributed by atoms with van der Waals surface area (Å²) in [5, 5.41) is 3.91. The number of hydrogen-bond donors (Lipinski definition) is 2. The van der Waals surface area contributed by atoms with Crippen molar-refractivity contribution in [2.45, 2.75) is 26.4 Å². The van der Waals surface area contributed by atoms with Crippen molar-refractivity contribution in [2.24, 2.45) is 10.8 Å². The van der Waals surface area contributed by atoms with Crippen molar-refractivity contribution in [1.82, 2.24) is 10.3 Å². The Morgan fingerprint density at radius 3 is 2.50 bits per heavy atom. The van der Waals surface area contributed by atoms with Gasteiger partial charge in [-0.1, -0.05) is 48.5 Å². The number of carbonyl (C=O) groups is 2. The van der Waals surface area contributed by atoms with E-state index < -0.39 is 6.03 Å². The van der Waals surface area contributed by atoms with Crippen molar-refractivity contribution in [1.29, 1.82) is 0 Å². The van der Waals surface area contributed by atoms with Gasteiger partial charge in [0.15, 0.2) is 5.71 Å². The molecule has 7 nitrogen and oxygen atoms in total. The zero-order valence-corrected chi connectivity index (χ0v) is 16.1. The van der Waals surface area contributed by atoms with Crippen LogP contribution in [0.25, 0.3) is 0 Å². The summed E-state index contributed by atoms with van der Waals surface area (Å²) < 4.78 is 0. The van der Waals surface area contributed by atoms with E-state index in [1.807, 2.05) is 42.5 Å².